The number of carboxylic acid groups (broad SMARTS) is 1. The number of hydrogen-bond donors (Lipinski definition) is 1. The third-order valence-corrected chi connectivity index (χ3v) is 2.52. The van der Waals surface area contributed by atoms with Crippen LogP contribution in [0, 0.1) is 11.8 Å². The number of esters is 1. The molecule has 1 aliphatic carbocycles. The summed E-state index contributed by atoms with van der Waals surface area (Å²) >= 11 is 0. The van der Waals surface area contributed by atoms with E-state index in [0.29, 0.717) is 19.3 Å². The van der Waals surface area contributed by atoms with Crippen LogP contribution in [0.3, 0.4) is 0 Å². The molecular weight excluding hydrogens is 196 g/mol. The van der Waals surface area contributed by atoms with Crippen molar-refractivity contribution in [3.8, 4) is 0 Å². The van der Waals surface area contributed by atoms with Gasteiger partial charge >= 0.3 is 11.9 Å². The second-order valence-electron chi connectivity index (χ2n) is 5.08. The van der Waals surface area contributed by atoms with Gasteiger partial charge in [-0.05, 0) is 40.0 Å². The highest BCUT2D eigenvalue weighted by atomic mass is 16.6. The van der Waals surface area contributed by atoms with Crippen molar-refractivity contribution in [2.45, 2.75) is 45.6 Å². The Morgan fingerprint density at radius 3 is 2.13 bits per heavy atom. The Kier molecular flexibility index (Phi) is 3.37. The fraction of sp³-hybridized carbons (Fsp3) is 0.818. The Morgan fingerprint density at radius 2 is 1.73 bits per heavy atom. The lowest BCUT2D eigenvalue weighted by Gasteiger charge is -2.21. The molecule has 0 aliphatic heterocycles. The van der Waals surface area contributed by atoms with Gasteiger partial charge in [-0.1, -0.05) is 0 Å². The first-order valence-electron chi connectivity index (χ1n) is 5.25. The highest BCUT2D eigenvalue weighted by Crippen LogP contribution is 2.32. The van der Waals surface area contributed by atoms with E-state index in [1.54, 1.807) is 0 Å². The van der Waals surface area contributed by atoms with E-state index in [4.69, 9.17) is 9.84 Å². The number of carbonyl (C=O) groups is 2. The standard InChI is InChI=1S/C11H18O4/c1-11(2,3)15-10(14)8-5-4-7(6-8)9(12)13/h7-8H,4-6H2,1-3H3,(H,12,13)/t7-,8-/m1/s1. The molecule has 86 valence electrons. The maximum absolute atomic E-state index is 11.6. The molecule has 0 unspecified atom stereocenters. The number of carboxylic acids is 1. The minimum atomic E-state index is -0.805. The highest BCUT2D eigenvalue weighted by molar-refractivity contribution is 5.76. The Balaban J connectivity index is 2.47. The van der Waals surface area contributed by atoms with Crippen LogP contribution in [0.4, 0.5) is 0 Å². The SMILES string of the molecule is CC(C)(C)OC(=O)[C@@H]1CC[C@@H](C(=O)O)C1. The van der Waals surface area contributed by atoms with Crippen molar-refractivity contribution in [3.05, 3.63) is 0 Å². The van der Waals surface area contributed by atoms with Gasteiger partial charge in [-0.25, -0.2) is 0 Å². The molecule has 1 saturated carbocycles. The number of aliphatic carboxylic acids is 1. The monoisotopic (exact) mass is 214 g/mol. The molecule has 0 spiro atoms. The van der Waals surface area contributed by atoms with Crippen LogP contribution in [0.5, 0.6) is 0 Å². The molecule has 2 atom stereocenters. The van der Waals surface area contributed by atoms with Crippen molar-refractivity contribution in [1.82, 2.24) is 0 Å². The van der Waals surface area contributed by atoms with E-state index in [9.17, 15) is 9.59 Å². The lowest BCUT2D eigenvalue weighted by molar-refractivity contribution is -0.159. The predicted molar refractivity (Wildman–Crippen MR) is 54.3 cm³/mol. The Bertz CT molecular complexity index is 264. The molecular formula is C11H18O4. The van der Waals surface area contributed by atoms with Crippen molar-refractivity contribution in [2.75, 3.05) is 0 Å². The predicted octanol–water partition coefficient (Wildman–Crippen LogP) is 1.83. The van der Waals surface area contributed by atoms with E-state index >= 15 is 0 Å². The fourth-order valence-corrected chi connectivity index (χ4v) is 1.80. The van der Waals surface area contributed by atoms with Gasteiger partial charge < -0.3 is 9.84 Å². The minimum Gasteiger partial charge on any atom is -0.481 e. The quantitative estimate of drug-likeness (QED) is 0.712. The minimum absolute atomic E-state index is 0.231. The fourth-order valence-electron chi connectivity index (χ4n) is 1.80. The van der Waals surface area contributed by atoms with Gasteiger partial charge in [0.1, 0.15) is 5.60 Å². The van der Waals surface area contributed by atoms with Crippen molar-refractivity contribution in [2.24, 2.45) is 11.8 Å². The van der Waals surface area contributed by atoms with Gasteiger partial charge in [-0.3, -0.25) is 9.59 Å². The molecule has 0 bridgehead atoms. The van der Waals surface area contributed by atoms with Gasteiger partial charge in [0.25, 0.3) is 0 Å². The molecule has 1 fully saturated rings. The molecule has 0 heterocycles. The number of rotatable bonds is 2. The van der Waals surface area contributed by atoms with Crippen molar-refractivity contribution >= 4 is 11.9 Å². The summed E-state index contributed by atoms with van der Waals surface area (Å²) < 4.78 is 5.22. The summed E-state index contributed by atoms with van der Waals surface area (Å²) in [6, 6.07) is 0. The first kappa shape index (κ1) is 12.0. The largest absolute Gasteiger partial charge is 0.481 e. The van der Waals surface area contributed by atoms with Crippen LogP contribution in [0.2, 0.25) is 0 Å². The molecule has 0 aromatic rings. The zero-order chi connectivity index (χ0) is 11.6. The van der Waals surface area contributed by atoms with Crippen LogP contribution in [0.15, 0.2) is 0 Å². The van der Waals surface area contributed by atoms with Crippen molar-refractivity contribution < 1.29 is 19.4 Å². The van der Waals surface area contributed by atoms with Crippen molar-refractivity contribution in [1.29, 1.82) is 0 Å². The van der Waals surface area contributed by atoms with Crippen LogP contribution < -0.4 is 0 Å². The summed E-state index contributed by atoms with van der Waals surface area (Å²) in [5.74, 6) is -1.67. The Hall–Kier alpha value is -1.06. The van der Waals surface area contributed by atoms with E-state index in [2.05, 4.69) is 0 Å². The molecule has 4 nitrogen and oxygen atoms in total. The molecule has 1 rings (SSSR count). The topological polar surface area (TPSA) is 63.6 Å². The van der Waals surface area contributed by atoms with Crippen LogP contribution in [-0.4, -0.2) is 22.6 Å². The average molecular weight is 214 g/mol. The smallest absolute Gasteiger partial charge is 0.309 e. The van der Waals surface area contributed by atoms with E-state index in [-0.39, 0.29) is 17.8 Å². The number of carbonyl (C=O) groups excluding carboxylic acids is 1. The van der Waals surface area contributed by atoms with Crippen LogP contribution >= 0.6 is 0 Å². The average Bonchev–Trinajstić information content (AvgIpc) is 2.47. The summed E-state index contributed by atoms with van der Waals surface area (Å²) in [5.41, 5.74) is -0.488. The lowest BCUT2D eigenvalue weighted by Crippen LogP contribution is -2.28. The Labute approximate surface area is 89.6 Å². The van der Waals surface area contributed by atoms with E-state index in [0.717, 1.165) is 0 Å². The maximum Gasteiger partial charge on any atom is 0.309 e. The first-order valence-corrected chi connectivity index (χ1v) is 5.25. The van der Waals surface area contributed by atoms with Gasteiger partial charge in [0.05, 0.1) is 11.8 Å². The van der Waals surface area contributed by atoms with Crippen LogP contribution in [-0.2, 0) is 14.3 Å². The normalized spacial score (nSPS) is 26.3. The zero-order valence-electron chi connectivity index (χ0n) is 9.45. The molecule has 1 N–H and O–H groups in total. The van der Waals surface area contributed by atoms with Gasteiger partial charge in [0.15, 0.2) is 0 Å². The van der Waals surface area contributed by atoms with Crippen molar-refractivity contribution in [3.63, 3.8) is 0 Å². The second kappa shape index (κ2) is 4.21. The summed E-state index contributed by atoms with van der Waals surface area (Å²) in [6.45, 7) is 5.44. The molecule has 0 amide bonds. The summed E-state index contributed by atoms with van der Waals surface area (Å²) in [6.07, 6.45) is 1.63. The maximum atomic E-state index is 11.6. The van der Waals surface area contributed by atoms with Crippen LogP contribution in [0.25, 0.3) is 0 Å². The molecule has 0 saturated heterocycles. The third-order valence-electron chi connectivity index (χ3n) is 2.52. The van der Waals surface area contributed by atoms with E-state index in [1.165, 1.54) is 0 Å². The number of ether oxygens (including phenoxy) is 1. The molecule has 0 aromatic heterocycles. The molecule has 0 radical (unpaired) electrons. The first-order chi connectivity index (χ1) is 6.79. The highest BCUT2D eigenvalue weighted by Gasteiger charge is 2.36. The molecule has 15 heavy (non-hydrogen) atoms. The zero-order valence-corrected chi connectivity index (χ0v) is 9.45. The van der Waals surface area contributed by atoms with Gasteiger partial charge in [0.2, 0.25) is 0 Å². The van der Waals surface area contributed by atoms with Gasteiger partial charge in [-0.15, -0.1) is 0 Å². The summed E-state index contributed by atoms with van der Waals surface area (Å²) in [5, 5.41) is 8.79. The second-order valence-corrected chi connectivity index (χ2v) is 5.08. The molecule has 0 aromatic carbocycles. The van der Waals surface area contributed by atoms with Gasteiger partial charge in [-0.2, -0.15) is 0 Å². The lowest BCUT2D eigenvalue weighted by atomic mass is 10.0. The summed E-state index contributed by atoms with van der Waals surface area (Å²) in [7, 11) is 0. The van der Waals surface area contributed by atoms with E-state index in [1.807, 2.05) is 20.8 Å². The Morgan fingerprint density at radius 1 is 1.20 bits per heavy atom. The number of hydrogen-bond acceptors (Lipinski definition) is 3. The summed E-state index contributed by atoms with van der Waals surface area (Å²) in [4.78, 5) is 22.3. The van der Waals surface area contributed by atoms with Gasteiger partial charge in [0, 0.05) is 0 Å². The van der Waals surface area contributed by atoms with Crippen LogP contribution in [0.1, 0.15) is 40.0 Å². The molecule has 4 heteroatoms. The van der Waals surface area contributed by atoms with E-state index < -0.39 is 11.6 Å². The third kappa shape index (κ3) is 3.53. The molecule has 1 aliphatic rings.